The normalized spacial score (nSPS) is 11.9. The maximum Gasteiger partial charge on any atom is 0.257 e. The van der Waals surface area contributed by atoms with Gasteiger partial charge in [0, 0.05) is 5.39 Å². The van der Waals surface area contributed by atoms with Crippen LogP contribution in [0.2, 0.25) is 0 Å². The molecule has 0 fully saturated rings. The second-order valence-corrected chi connectivity index (χ2v) is 5.47. The molecular formula is C19H18N2O3. The third kappa shape index (κ3) is 3.01. The van der Waals surface area contributed by atoms with Gasteiger partial charge in [0.25, 0.3) is 5.91 Å². The monoisotopic (exact) mass is 322 g/mol. The van der Waals surface area contributed by atoms with Crippen molar-refractivity contribution in [3.63, 3.8) is 0 Å². The number of rotatable bonds is 4. The third-order valence-electron chi connectivity index (χ3n) is 3.87. The number of ether oxygens (including phenoxy) is 1. The van der Waals surface area contributed by atoms with E-state index in [0.717, 1.165) is 5.56 Å². The van der Waals surface area contributed by atoms with E-state index in [2.05, 4.69) is 5.32 Å². The molecule has 0 aliphatic heterocycles. The molecule has 3 rings (SSSR count). The van der Waals surface area contributed by atoms with Crippen molar-refractivity contribution in [3.05, 3.63) is 71.3 Å². The average molecular weight is 322 g/mol. The summed E-state index contributed by atoms with van der Waals surface area (Å²) in [6.07, 6.45) is 0. The Morgan fingerprint density at radius 3 is 2.62 bits per heavy atom. The fraction of sp³-hybridized carbons (Fsp3) is 0.158. The van der Waals surface area contributed by atoms with Crippen molar-refractivity contribution in [2.75, 3.05) is 7.11 Å². The van der Waals surface area contributed by atoms with Crippen molar-refractivity contribution in [2.24, 2.45) is 0 Å². The van der Waals surface area contributed by atoms with E-state index in [9.17, 15) is 4.79 Å². The summed E-state index contributed by atoms with van der Waals surface area (Å²) in [5.41, 5.74) is 1.46. The molecule has 0 saturated carbocycles. The number of hydrogen-bond acceptors (Lipinski definition) is 4. The molecule has 0 aliphatic carbocycles. The Balaban J connectivity index is 1.93. The highest BCUT2D eigenvalue weighted by Crippen LogP contribution is 2.24. The molecule has 5 heteroatoms. The topological polar surface area (TPSA) is 75.3 Å². The molecule has 2 N–H and O–H groups in total. The molecule has 3 aromatic rings. The van der Waals surface area contributed by atoms with E-state index < -0.39 is 0 Å². The van der Waals surface area contributed by atoms with E-state index in [1.165, 1.54) is 7.11 Å². The first-order chi connectivity index (χ1) is 11.6. The number of carbonyl (C=O) groups is 1. The minimum atomic E-state index is -0.343. The Morgan fingerprint density at radius 1 is 1.17 bits per heavy atom. The summed E-state index contributed by atoms with van der Waals surface area (Å²) < 4.78 is 10.7. The van der Waals surface area contributed by atoms with Crippen LogP contribution in [0.4, 0.5) is 0 Å². The highest BCUT2D eigenvalue weighted by molar-refractivity contribution is 5.97. The Hall–Kier alpha value is -3.08. The summed E-state index contributed by atoms with van der Waals surface area (Å²) in [6, 6.07) is 16.5. The van der Waals surface area contributed by atoms with Gasteiger partial charge in [-0.3, -0.25) is 10.2 Å². The lowest BCUT2D eigenvalue weighted by Gasteiger charge is -2.14. The van der Waals surface area contributed by atoms with Gasteiger partial charge >= 0.3 is 0 Å². The van der Waals surface area contributed by atoms with Gasteiger partial charge in [0.05, 0.1) is 13.2 Å². The molecule has 5 nitrogen and oxygen atoms in total. The number of hydrogen-bond donors (Lipinski definition) is 2. The van der Waals surface area contributed by atoms with Crippen molar-refractivity contribution < 1.29 is 13.9 Å². The van der Waals surface area contributed by atoms with Crippen molar-refractivity contribution in [1.82, 2.24) is 5.32 Å². The number of para-hydroxylation sites is 1. The molecule has 0 radical (unpaired) electrons. The Labute approximate surface area is 139 Å². The molecule has 122 valence electrons. The van der Waals surface area contributed by atoms with E-state index in [0.29, 0.717) is 16.7 Å². The number of amides is 1. The van der Waals surface area contributed by atoms with Crippen molar-refractivity contribution >= 4 is 16.9 Å². The molecule has 0 aliphatic rings. The van der Waals surface area contributed by atoms with E-state index in [1.54, 1.807) is 12.1 Å². The lowest BCUT2D eigenvalue weighted by Crippen LogP contribution is -2.30. The van der Waals surface area contributed by atoms with Crippen LogP contribution in [0.3, 0.4) is 0 Å². The van der Waals surface area contributed by atoms with Crippen molar-refractivity contribution in [1.29, 1.82) is 5.41 Å². The fourth-order valence-corrected chi connectivity index (χ4v) is 2.56. The SMILES string of the molecule is COc1cccc2cc(C(=O)NC(C)c3ccccc3)c(=N)oc12. The largest absolute Gasteiger partial charge is 0.493 e. The van der Waals surface area contributed by atoms with E-state index in [1.807, 2.05) is 49.4 Å². The van der Waals surface area contributed by atoms with Gasteiger partial charge in [-0.05, 0) is 24.6 Å². The number of carbonyl (C=O) groups excluding carboxylic acids is 1. The van der Waals surface area contributed by atoms with Crippen LogP contribution in [0, 0.1) is 5.41 Å². The van der Waals surface area contributed by atoms with Crippen LogP contribution in [-0.4, -0.2) is 13.0 Å². The molecule has 0 spiro atoms. The first-order valence-corrected chi connectivity index (χ1v) is 7.61. The quantitative estimate of drug-likeness (QED) is 0.773. The lowest BCUT2D eigenvalue weighted by atomic mass is 10.1. The van der Waals surface area contributed by atoms with Crippen LogP contribution in [0.1, 0.15) is 28.9 Å². The van der Waals surface area contributed by atoms with Gasteiger partial charge in [-0.25, -0.2) is 0 Å². The minimum Gasteiger partial charge on any atom is -0.493 e. The van der Waals surface area contributed by atoms with Gasteiger partial charge in [0.15, 0.2) is 11.3 Å². The van der Waals surface area contributed by atoms with Crippen LogP contribution in [0.25, 0.3) is 11.0 Å². The third-order valence-corrected chi connectivity index (χ3v) is 3.87. The maximum absolute atomic E-state index is 12.5. The maximum atomic E-state index is 12.5. The molecule has 24 heavy (non-hydrogen) atoms. The van der Waals surface area contributed by atoms with Gasteiger partial charge in [0.2, 0.25) is 5.55 Å². The predicted molar refractivity (Wildman–Crippen MR) is 90.9 cm³/mol. The van der Waals surface area contributed by atoms with Crippen LogP contribution in [-0.2, 0) is 0 Å². The molecule has 2 aromatic carbocycles. The Morgan fingerprint density at radius 2 is 1.92 bits per heavy atom. The number of nitrogens with one attached hydrogen (secondary N) is 2. The van der Waals surface area contributed by atoms with Crippen LogP contribution >= 0.6 is 0 Å². The van der Waals surface area contributed by atoms with E-state index >= 15 is 0 Å². The Kier molecular flexibility index (Phi) is 4.33. The molecular weight excluding hydrogens is 304 g/mol. The highest BCUT2D eigenvalue weighted by Gasteiger charge is 2.16. The Bertz CT molecular complexity index is 932. The summed E-state index contributed by atoms with van der Waals surface area (Å²) >= 11 is 0. The zero-order valence-corrected chi connectivity index (χ0v) is 13.5. The van der Waals surface area contributed by atoms with E-state index in [4.69, 9.17) is 14.6 Å². The van der Waals surface area contributed by atoms with Crippen LogP contribution in [0.15, 0.2) is 59.0 Å². The zero-order chi connectivity index (χ0) is 17.1. The average Bonchev–Trinajstić information content (AvgIpc) is 2.61. The van der Waals surface area contributed by atoms with Crippen molar-refractivity contribution in [3.8, 4) is 5.75 Å². The van der Waals surface area contributed by atoms with Crippen LogP contribution < -0.4 is 15.6 Å². The summed E-state index contributed by atoms with van der Waals surface area (Å²) in [7, 11) is 1.54. The summed E-state index contributed by atoms with van der Waals surface area (Å²) in [6.45, 7) is 1.90. The summed E-state index contributed by atoms with van der Waals surface area (Å²) in [5.74, 6) is 0.190. The summed E-state index contributed by atoms with van der Waals surface area (Å²) in [5, 5.41) is 11.6. The molecule has 1 atom stereocenters. The van der Waals surface area contributed by atoms with Crippen molar-refractivity contribution in [2.45, 2.75) is 13.0 Å². The lowest BCUT2D eigenvalue weighted by molar-refractivity contribution is 0.0935. The number of methoxy groups -OCH3 is 1. The number of benzene rings is 2. The van der Waals surface area contributed by atoms with Gasteiger partial charge in [-0.2, -0.15) is 0 Å². The predicted octanol–water partition coefficient (Wildman–Crippen LogP) is 3.41. The second kappa shape index (κ2) is 6.58. The van der Waals surface area contributed by atoms with Gasteiger partial charge in [-0.15, -0.1) is 0 Å². The molecule has 1 heterocycles. The molecule has 1 amide bonds. The minimum absolute atomic E-state index is 0.167. The highest BCUT2D eigenvalue weighted by atomic mass is 16.5. The van der Waals surface area contributed by atoms with Gasteiger partial charge < -0.3 is 14.5 Å². The van der Waals surface area contributed by atoms with Gasteiger partial charge in [0.1, 0.15) is 5.56 Å². The first kappa shape index (κ1) is 15.8. The first-order valence-electron chi connectivity index (χ1n) is 7.61. The second-order valence-electron chi connectivity index (χ2n) is 5.47. The summed E-state index contributed by atoms with van der Waals surface area (Å²) in [4.78, 5) is 12.5. The number of fused-ring (bicyclic) bond motifs is 1. The fourth-order valence-electron chi connectivity index (χ4n) is 2.56. The molecule has 0 bridgehead atoms. The molecule has 1 unspecified atom stereocenters. The molecule has 1 aromatic heterocycles. The van der Waals surface area contributed by atoms with Crippen LogP contribution in [0.5, 0.6) is 5.75 Å². The zero-order valence-electron chi connectivity index (χ0n) is 13.5. The molecule has 0 saturated heterocycles. The standard InChI is InChI=1S/C19H18N2O3/c1-12(13-7-4-3-5-8-13)21-19(22)15-11-14-9-6-10-16(23-2)17(14)24-18(15)20/h3-12,20H,1-2H3,(H,21,22). The van der Waals surface area contributed by atoms with E-state index in [-0.39, 0.29) is 23.1 Å². The van der Waals surface area contributed by atoms with Gasteiger partial charge in [-0.1, -0.05) is 42.5 Å². The smallest absolute Gasteiger partial charge is 0.257 e.